The van der Waals surface area contributed by atoms with Crippen molar-refractivity contribution in [1.82, 2.24) is 0 Å². The van der Waals surface area contributed by atoms with Crippen molar-refractivity contribution in [2.24, 2.45) is 0 Å². The van der Waals surface area contributed by atoms with Crippen LogP contribution in [0.15, 0.2) is 16.7 Å². The van der Waals surface area contributed by atoms with Gasteiger partial charge in [0.1, 0.15) is 5.69 Å². The molecule has 5 heteroatoms. The molecule has 1 N–H and O–H groups in total. The van der Waals surface area contributed by atoms with Gasteiger partial charge in [-0.05, 0) is 6.42 Å². The predicted octanol–water partition coefficient (Wildman–Crippen LogP) is 3.55. The molecular weight excluding hydrogens is 256 g/mol. The zero-order chi connectivity index (χ0) is 14.8. The van der Waals surface area contributed by atoms with Crippen LogP contribution < -0.4 is 9.80 Å². The molecule has 0 bridgehead atoms. The van der Waals surface area contributed by atoms with Crippen molar-refractivity contribution in [3.8, 4) is 0 Å². The van der Waals surface area contributed by atoms with E-state index in [1.54, 1.807) is 6.26 Å². The SMILES string of the molecule is CCCCCCCCN1CN(C)c2occc21.O=CO. The van der Waals surface area contributed by atoms with Gasteiger partial charge in [-0.2, -0.15) is 0 Å². The Hall–Kier alpha value is -1.65. The monoisotopic (exact) mass is 282 g/mol. The summed E-state index contributed by atoms with van der Waals surface area (Å²) in [6, 6.07) is 2.08. The number of fused-ring (bicyclic) bond motifs is 1. The van der Waals surface area contributed by atoms with Crippen LogP contribution in [0.25, 0.3) is 0 Å². The average molecular weight is 282 g/mol. The second kappa shape index (κ2) is 9.28. The Kier molecular flexibility index (Phi) is 7.62. The van der Waals surface area contributed by atoms with Crippen molar-refractivity contribution in [3.05, 3.63) is 12.3 Å². The van der Waals surface area contributed by atoms with Gasteiger partial charge in [-0.1, -0.05) is 39.0 Å². The average Bonchev–Trinajstić information content (AvgIpc) is 3.00. The number of hydrogen-bond donors (Lipinski definition) is 1. The molecule has 2 heterocycles. The molecule has 5 nitrogen and oxygen atoms in total. The lowest BCUT2D eigenvalue weighted by atomic mass is 10.1. The molecular formula is C15H26N2O3. The van der Waals surface area contributed by atoms with Crippen LogP contribution in [0.3, 0.4) is 0 Å². The molecule has 0 atom stereocenters. The van der Waals surface area contributed by atoms with E-state index >= 15 is 0 Å². The summed E-state index contributed by atoms with van der Waals surface area (Å²) in [6.07, 6.45) is 9.93. The Morgan fingerprint density at radius 3 is 2.65 bits per heavy atom. The van der Waals surface area contributed by atoms with E-state index < -0.39 is 0 Å². The molecule has 0 fully saturated rings. The Bertz CT molecular complexity index is 379. The van der Waals surface area contributed by atoms with Gasteiger partial charge >= 0.3 is 0 Å². The topological polar surface area (TPSA) is 56.9 Å². The minimum atomic E-state index is -0.250. The van der Waals surface area contributed by atoms with Crippen molar-refractivity contribution in [1.29, 1.82) is 0 Å². The molecule has 0 spiro atoms. The summed E-state index contributed by atoms with van der Waals surface area (Å²) < 4.78 is 5.46. The van der Waals surface area contributed by atoms with Crippen LogP contribution in [0.4, 0.5) is 11.6 Å². The third-order valence-corrected chi connectivity index (χ3v) is 3.48. The smallest absolute Gasteiger partial charge is 0.290 e. The number of hydrogen-bond acceptors (Lipinski definition) is 4. The van der Waals surface area contributed by atoms with Gasteiger partial charge in [0, 0.05) is 19.7 Å². The summed E-state index contributed by atoms with van der Waals surface area (Å²) in [6.45, 7) is 4.15. The van der Waals surface area contributed by atoms with Crippen LogP contribution in [-0.4, -0.2) is 31.8 Å². The quantitative estimate of drug-likeness (QED) is 0.612. The Balaban J connectivity index is 0.000000612. The van der Waals surface area contributed by atoms with Crippen molar-refractivity contribution in [2.45, 2.75) is 45.4 Å². The molecule has 0 saturated carbocycles. The molecule has 1 aromatic rings. The molecule has 0 amide bonds. The molecule has 0 saturated heterocycles. The minimum absolute atomic E-state index is 0.250. The third-order valence-electron chi connectivity index (χ3n) is 3.48. The number of carbonyl (C=O) groups is 1. The number of furan rings is 1. The van der Waals surface area contributed by atoms with E-state index in [1.807, 2.05) is 0 Å². The fourth-order valence-corrected chi connectivity index (χ4v) is 2.49. The van der Waals surface area contributed by atoms with E-state index in [4.69, 9.17) is 14.3 Å². The Labute approximate surface area is 121 Å². The Morgan fingerprint density at radius 2 is 1.95 bits per heavy atom. The molecule has 0 radical (unpaired) electrons. The van der Waals surface area contributed by atoms with Crippen LogP contribution in [0.2, 0.25) is 0 Å². The molecule has 2 rings (SSSR count). The molecule has 0 aromatic carbocycles. The molecule has 1 aliphatic rings. The van der Waals surface area contributed by atoms with Crippen molar-refractivity contribution >= 4 is 18.0 Å². The van der Waals surface area contributed by atoms with Crippen LogP contribution in [0, 0.1) is 0 Å². The lowest BCUT2D eigenvalue weighted by Gasteiger charge is -2.18. The zero-order valence-electron chi connectivity index (χ0n) is 12.5. The van der Waals surface area contributed by atoms with Gasteiger partial charge in [0.15, 0.2) is 0 Å². The highest BCUT2D eigenvalue weighted by Crippen LogP contribution is 2.35. The molecule has 20 heavy (non-hydrogen) atoms. The highest BCUT2D eigenvalue weighted by Gasteiger charge is 2.25. The summed E-state index contributed by atoms with van der Waals surface area (Å²) in [7, 11) is 2.09. The third kappa shape index (κ3) is 4.79. The first-order valence-corrected chi connectivity index (χ1v) is 7.36. The standard InChI is InChI=1S/C14H24N2O.CH2O2/c1-3-4-5-6-7-8-10-16-12-15(2)14-13(16)9-11-17-14;2-1-3/h9,11H,3-8,10,12H2,1-2H3;1H,(H,2,3). The summed E-state index contributed by atoms with van der Waals surface area (Å²) in [4.78, 5) is 12.9. The maximum absolute atomic E-state index is 8.36. The second-order valence-electron chi connectivity index (χ2n) is 5.09. The van der Waals surface area contributed by atoms with E-state index in [9.17, 15) is 0 Å². The van der Waals surface area contributed by atoms with Crippen molar-refractivity contribution in [2.75, 3.05) is 30.1 Å². The molecule has 0 unspecified atom stereocenters. The lowest BCUT2D eigenvalue weighted by molar-refractivity contribution is -0.122. The maximum Gasteiger partial charge on any atom is 0.290 e. The van der Waals surface area contributed by atoms with Gasteiger partial charge in [-0.15, -0.1) is 0 Å². The fourth-order valence-electron chi connectivity index (χ4n) is 2.49. The highest BCUT2D eigenvalue weighted by molar-refractivity contribution is 5.70. The van der Waals surface area contributed by atoms with E-state index in [0.29, 0.717) is 0 Å². The van der Waals surface area contributed by atoms with Gasteiger partial charge in [-0.3, -0.25) is 4.79 Å². The van der Waals surface area contributed by atoms with Gasteiger partial charge in [0.25, 0.3) is 6.47 Å². The number of unbranched alkanes of at least 4 members (excludes halogenated alkanes) is 5. The Morgan fingerprint density at radius 1 is 1.30 bits per heavy atom. The first-order chi connectivity index (χ1) is 9.74. The van der Waals surface area contributed by atoms with E-state index in [0.717, 1.165) is 19.1 Å². The number of anilines is 2. The second-order valence-corrected chi connectivity index (χ2v) is 5.09. The van der Waals surface area contributed by atoms with E-state index in [1.165, 1.54) is 44.2 Å². The predicted molar refractivity (Wildman–Crippen MR) is 81.4 cm³/mol. The van der Waals surface area contributed by atoms with E-state index in [2.05, 4.69) is 29.8 Å². The lowest BCUT2D eigenvalue weighted by Crippen LogP contribution is -2.29. The van der Waals surface area contributed by atoms with Crippen molar-refractivity contribution in [3.63, 3.8) is 0 Å². The molecule has 0 aliphatic carbocycles. The number of carboxylic acid groups (broad SMARTS) is 1. The number of rotatable bonds is 7. The zero-order valence-corrected chi connectivity index (χ0v) is 12.5. The number of nitrogens with zero attached hydrogens (tertiary/aromatic N) is 2. The fraction of sp³-hybridized carbons (Fsp3) is 0.667. The van der Waals surface area contributed by atoms with Crippen LogP contribution in [0.5, 0.6) is 0 Å². The summed E-state index contributed by atoms with van der Waals surface area (Å²) in [5.74, 6) is 1.02. The summed E-state index contributed by atoms with van der Waals surface area (Å²) >= 11 is 0. The highest BCUT2D eigenvalue weighted by atomic mass is 16.4. The molecule has 114 valence electrons. The summed E-state index contributed by atoms with van der Waals surface area (Å²) in [5, 5.41) is 6.89. The maximum atomic E-state index is 8.36. The minimum Gasteiger partial charge on any atom is -0.483 e. The summed E-state index contributed by atoms with van der Waals surface area (Å²) in [5.41, 5.74) is 1.26. The van der Waals surface area contributed by atoms with Gasteiger partial charge < -0.3 is 19.3 Å². The molecule has 1 aromatic heterocycles. The van der Waals surface area contributed by atoms with Crippen LogP contribution in [0.1, 0.15) is 45.4 Å². The first kappa shape index (κ1) is 16.4. The normalized spacial score (nSPS) is 12.9. The van der Waals surface area contributed by atoms with Gasteiger partial charge in [-0.25, -0.2) is 0 Å². The van der Waals surface area contributed by atoms with Crippen LogP contribution in [-0.2, 0) is 4.79 Å². The first-order valence-electron chi connectivity index (χ1n) is 7.36. The van der Waals surface area contributed by atoms with Gasteiger partial charge in [0.05, 0.1) is 12.9 Å². The largest absolute Gasteiger partial charge is 0.483 e. The van der Waals surface area contributed by atoms with Gasteiger partial charge in [0.2, 0.25) is 5.88 Å². The molecule has 1 aliphatic heterocycles. The van der Waals surface area contributed by atoms with Crippen molar-refractivity contribution < 1.29 is 14.3 Å². The van der Waals surface area contributed by atoms with Crippen LogP contribution >= 0.6 is 0 Å². The van der Waals surface area contributed by atoms with E-state index in [-0.39, 0.29) is 6.47 Å².